The fraction of sp³-hybridized carbons (Fsp3) is 0.395. The van der Waals surface area contributed by atoms with Crippen LogP contribution in [0.1, 0.15) is 52.6 Å². The third-order valence-corrected chi connectivity index (χ3v) is 9.69. The van der Waals surface area contributed by atoms with Gasteiger partial charge in [0.05, 0.1) is 62.0 Å². The number of hydrogen-bond donors (Lipinski definition) is 2. The molecule has 0 radical (unpaired) electrons. The molecular formula is C43H47F3N4O6. The fourth-order valence-corrected chi connectivity index (χ4v) is 6.39. The summed E-state index contributed by atoms with van der Waals surface area (Å²) in [6.45, 7) is 12.1. The van der Waals surface area contributed by atoms with Crippen molar-refractivity contribution < 1.29 is 41.7 Å². The average Bonchev–Trinajstić information content (AvgIpc) is 3.95. The zero-order valence-corrected chi connectivity index (χ0v) is 31.7. The van der Waals surface area contributed by atoms with E-state index in [9.17, 15) is 22.8 Å². The van der Waals surface area contributed by atoms with E-state index in [1.54, 1.807) is 36.4 Å². The van der Waals surface area contributed by atoms with Gasteiger partial charge in [-0.3, -0.25) is 9.59 Å². The minimum atomic E-state index is -4.66. The first-order valence-electron chi connectivity index (χ1n) is 18.8. The maximum atomic E-state index is 13.7. The van der Waals surface area contributed by atoms with Gasteiger partial charge in [0.1, 0.15) is 0 Å². The molecule has 8 rings (SSSR count). The molecule has 56 heavy (non-hydrogen) atoms. The minimum Gasteiger partial charge on any atom is -0.371 e. The highest BCUT2D eigenvalue weighted by molar-refractivity contribution is 6.06. The summed E-state index contributed by atoms with van der Waals surface area (Å²) in [5.41, 5.74) is 3.16. The number of hydrogen-bond acceptors (Lipinski definition) is 8. The van der Waals surface area contributed by atoms with Crippen molar-refractivity contribution in [3.05, 3.63) is 119 Å². The number of alkyl halides is 3. The second-order valence-electron chi connectivity index (χ2n) is 15.5. The SMILES string of the molecule is CC(C)(C)c1cc(C(=O)Nc2ccccc2)ccc1N(CC1CO1)CC1CO1.O=C(Nc1ccccc1)c1ccc(N(CC2CO2)CC2CO2)cc1C(F)(F)F. The second kappa shape index (κ2) is 16.6. The number of rotatable bonds is 14. The van der Waals surface area contributed by atoms with Crippen LogP contribution in [0, 0.1) is 0 Å². The van der Waals surface area contributed by atoms with E-state index in [1.165, 1.54) is 6.07 Å². The third-order valence-electron chi connectivity index (χ3n) is 9.69. The Labute approximate surface area is 324 Å². The standard InChI is InChI=1S/C23H28N2O3.C20H19F3N2O3/c1-23(2,3)20-11-16(22(26)24-17-7-5-4-6-8-17)9-10-21(20)25(12-18-14-27-18)13-19-15-28-19;21-20(22,23)18-8-14(25(9-15-11-27-15)10-16-12-28-16)6-7-17(18)19(26)24-13-4-2-1-3-5-13/h4-11,18-19H,12-15H2,1-3H3,(H,24,26);1-8,15-16H,9-12H2,(H,24,26). The molecule has 2 N–H and O–H groups in total. The number of nitrogens with one attached hydrogen (secondary N) is 2. The van der Waals surface area contributed by atoms with Crippen molar-refractivity contribution in [2.24, 2.45) is 0 Å². The van der Waals surface area contributed by atoms with E-state index in [4.69, 9.17) is 18.9 Å². The molecule has 2 amide bonds. The normalized spacial score (nSPS) is 20.5. The second-order valence-corrected chi connectivity index (χ2v) is 15.5. The maximum Gasteiger partial charge on any atom is 0.417 e. The molecule has 4 heterocycles. The van der Waals surface area contributed by atoms with Gasteiger partial charge in [-0.1, -0.05) is 57.2 Å². The Kier molecular flexibility index (Phi) is 11.7. The highest BCUT2D eigenvalue weighted by atomic mass is 19.4. The highest BCUT2D eigenvalue weighted by Crippen LogP contribution is 2.37. The number of halogens is 3. The fourth-order valence-electron chi connectivity index (χ4n) is 6.39. The predicted molar refractivity (Wildman–Crippen MR) is 209 cm³/mol. The summed E-state index contributed by atoms with van der Waals surface area (Å²) < 4.78 is 62.5. The van der Waals surface area contributed by atoms with Gasteiger partial charge in [0, 0.05) is 54.5 Å². The maximum absolute atomic E-state index is 13.7. The molecule has 0 saturated carbocycles. The number of epoxide rings is 4. The topological polar surface area (TPSA) is 115 Å². The van der Waals surface area contributed by atoms with Crippen LogP contribution in [0.15, 0.2) is 97.1 Å². The van der Waals surface area contributed by atoms with Crippen LogP contribution in [0.5, 0.6) is 0 Å². The first-order chi connectivity index (χ1) is 26.8. The van der Waals surface area contributed by atoms with Crippen LogP contribution in [0.25, 0.3) is 0 Å². The molecule has 4 atom stereocenters. The van der Waals surface area contributed by atoms with Gasteiger partial charge in [-0.2, -0.15) is 13.2 Å². The molecule has 0 aromatic heterocycles. The van der Waals surface area contributed by atoms with Crippen molar-refractivity contribution in [3.8, 4) is 0 Å². The largest absolute Gasteiger partial charge is 0.417 e. The molecule has 4 aromatic carbocycles. The first kappa shape index (κ1) is 39.3. The summed E-state index contributed by atoms with van der Waals surface area (Å²) >= 11 is 0. The molecule has 4 aliphatic heterocycles. The van der Waals surface area contributed by atoms with Crippen molar-refractivity contribution in [2.45, 2.75) is 56.8 Å². The smallest absolute Gasteiger partial charge is 0.371 e. The van der Waals surface area contributed by atoms with Gasteiger partial charge in [-0.25, -0.2) is 0 Å². The molecule has 13 heteroatoms. The number of carbonyl (C=O) groups excluding carboxylic acids is 2. The van der Waals surface area contributed by atoms with Crippen LogP contribution < -0.4 is 20.4 Å². The molecule has 0 bridgehead atoms. The lowest BCUT2D eigenvalue weighted by molar-refractivity contribution is -0.137. The molecule has 4 saturated heterocycles. The van der Waals surface area contributed by atoms with Crippen LogP contribution in [0.2, 0.25) is 0 Å². The van der Waals surface area contributed by atoms with Crippen LogP contribution in [0.3, 0.4) is 0 Å². The summed E-state index contributed by atoms with van der Waals surface area (Å²) in [7, 11) is 0. The van der Waals surface area contributed by atoms with E-state index in [0.29, 0.717) is 55.4 Å². The van der Waals surface area contributed by atoms with Crippen molar-refractivity contribution in [2.75, 3.05) is 73.0 Å². The Morgan fingerprint density at radius 3 is 1.52 bits per heavy atom. The van der Waals surface area contributed by atoms with E-state index >= 15 is 0 Å². The van der Waals surface area contributed by atoms with Crippen LogP contribution >= 0.6 is 0 Å². The summed E-state index contributed by atoms with van der Waals surface area (Å²) in [6, 6.07) is 27.8. The van der Waals surface area contributed by atoms with Crippen molar-refractivity contribution in [1.82, 2.24) is 0 Å². The average molecular weight is 773 g/mol. The number of amides is 2. The van der Waals surface area contributed by atoms with Gasteiger partial charge >= 0.3 is 6.18 Å². The van der Waals surface area contributed by atoms with E-state index in [1.807, 2.05) is 47.4 Å². The van der Waals surface area contributed by atoms with Crippen molar-refractivity contribution >= 4 is 34.6 Å². The van der Waals surface area contributed by atoms with Crippen LogP contribution in [-0.2, 0) is 30.5 Å². The van der Waals surface area contributed by atoms with Crippen LogP contribution in [0.4, 0.5) is 35.9 Å². The summed E-state index contributed by atoms with van der Waals surface area (Å²) in [6.07, 6.45) is -4.01. The lowest BCUT2D eigenvalue weighted by Gasteiger charge is -2.31. The van der Waals surface area contributed by atoms with Crippen LogP contribution in [-0.4, -0.2) is 88.8 Å². The molecule has 296 valence electrons. The lowest BCUT2D eigenvalue weighted by Crippen LogP contribution is -2.34. The van der Waals surface area contributed by atoms with Gasteiger partial charge in [0.2, 0.25) is 0 Å². The summed E-state index contributed by atoms with van der Waals surface area (Å²) in [5, 5.41) is 5.49. The Bertz CT molecular complexity index is 1950. The third kappa shape index (κ3) is 11.1. The van der Waals surface area contributed by atoms with Gasteiger partial charge in [-0.15, -0.1) is 0 Å². The molecule has 4 fully saturated rings. The number of benzene rings is 4. The van der Waals surface area contributed by atoms with Gasteiger partial charge < -0.3 is 39.4 Å². The van der Waals surface area contributed by atoms with E-state index < -0.39 is 23.2 Å². The number of nitrogens with zero attached hydrogens (tertiary/aromatic N) is 2. The summed E-state index contributed by atoms with van der Waals surface area (Å²) in [5.74, 6) is -0.890. The Morgan fingerprint density at radius 1 is 0.607 bits per heavy atom. The first-order valence-corrected chi connectivity index (χ1v) is 18.8. The zero-order valence-electron chi connectivity index (χ0n) is 31.7. The number of anilines is 4. The van der Waals surface area contributed by atoms with Crippen molar-refractivity contribution in [1.29, 1.82) is 0 Å². The Morgan fingerprint density at radius 2 is 1.07 bits per heavy atom. The Hall–Kier alpha value is -4.95. The van der Waals surface area contributed by atoms with E-state index in [0.717, 1.165) is 49.3 Å². The number of ether oxygens (including phenoxy) is 4. The Balaban J connectivity index is 0.000000172. The quantitative estimate of drug-likeness (QED) is 0.128. The van der Waals surface area contributed by atoms with Gasteiger partial charge in [-0.05, 0) is 71.6 Å². The molecular weight excluding hydrogens is 725 g/mol. The minimum absolute atomic E-state index is 0.0224. The van der Waals surface area contributed by atoms with E-state index in [-0.39, 0.29) is 23.5 Å². The molecule has 4 unspecified atom stereocenters. The predicted octanol–water partition coefficient (Wildman–Crippen LogP) is 7.40. The molecule has 4 aliphatic rings. The number of para-hydroxylation sites is 2. The van der Waals surface area contributed by atoms with Gasteiger partial charge in [0.25, 0.3) is 11.8 Å². The zero-order chi connectivity index (χ0) is 39.5. The monoisotopic (exact) mass is 772 g/mol. The molecule has 0 spiro atoms. The van der Waals surface area contributed by atoms with E-state index in [2.05, 4.69) is 42.4 Å². The molecule has 4 aromatic rings. The summed E-state index contributed by atoms with van der Waals surface area (Å²) in [4.78, 5) is 29.4. The number of carbonyl (C=O) groups is 2. The molecule has 0 aliphatic carbocycles. The lowest BCUT2D eigenvalue weighted by atomic mass is 9.84. The molecule has 10 nitrogen and oxygen atoms in total. The highest BCUT2D eigenvalue weighted by Gasteiger charge is 2.38. The van der Waals surface area contributed by atoms with Crippen molar-refractivity contribution in [3.63, 3.8) is 0 Å². The van der Waals surface area contributed by atoms with Gasteiger partial charge in [0.15, 0.2) is 0 Å².